The minimum atomic E-state index is -1.03. The molecule has 1 aromatic carbocycles. The van der Waals surface area contributed by atoms with Crippen molar-refractivity contribution in [3.05, 3.63) is 29.8 Å². The Hall–Kier alpha value is -2.04. The first-order valence-corrected chi connectivity index (χ1v) is 6.12. The number of hydrogen-bond acceptors (Lipinski definition) is 3. The van der Waals surface area contributed by atoms with Crippen molar-refractivity contribution in [1.82, 2.24) is 5.32 Å². The second-order valence-electron chi connectivity index (χ2n) is 4.69. The van der Waals surface area contributed by atoms with E-state index in [0.29, 0.717) is 17.7 Å². The summed E-state index contributed by atoms with van der Waals surface area (Å²) in [5.74, 6) is -0.866. The molecule has 0 aliphatic heterocycles. The number of methoxy groups -OCH3 is 1. The molecule has 0 radical (unpaired) electrons. The fourth-order valence-corrected chi connectivity index (χ4v) is 1.76. The molecule has 19 heavy (non-hydrogen) atoms. The van der Waals surface area contributed by atoms with Crippen LogP contribution < -0.4 is 10.1 Å². The average Bonchev–Trinajstić information content (AvgIpc) is 2.37. The normalized spacial score (nSPS) is 12.0. The number of rotatable bonds is 6. The van der Waals surface area contributed by atoms with Gasteiger partial charge in [-0.3, -0.25) is 4.79 Å². The Balaban J connectivity index is 2.84. The zero-order valence-corrected chi connectivity index (χ0v) is 11.3. The highest BCUT2D eigenvalue weighted by Crippen LogP contribution is 2.17. The molecule has 0 aromatic heterocycles. The van der Waals surface area contributed by atoms with Crippen LogP contribution in [0.15, 0.2) is 24.3 Å². The van der Waals surface area contributed by atoms with Crippen LogP contribution in [0, 0.1) is 5.92 Å². The number of ether oxygens (including phenoxy) is 1. The van der Waals surface area contributed by atoms with Crippen LogP contribution in [0.2, 0.25) is 0 Å². The number of hydrogen-bond donors (Lipinski definition) is 2. The van der Waals surface area contributed by atoms with Crippen molar-refractivity contribution in [2.75, 3.05) is 7.11 Å². The van der Waals surface area contributed by atoms with Crippen molar-refractivity contribution < 1.29 is 19.4 Å². The fourth-order valence-electron chi connectivity index (χ4n) is 1.76. The molecule has 0 fully saturated rings. The van der Waals surface area contributed by atoms with Gasteiger partial charge in [-0.25, -0.2) is 4.79 Å². The van der Waals surface area contributed by atoms with E-state index in [1.807, 2.05) is 13.8 Å². The summed E-state index contributed by atoms with van der Waals surface area (Å²) in [6.07, 6.45) is 0.385. The number of para-hydroxylation sites is 1. The van der Waals surface area contributed by atoms with E-state index in [4.69, 9.17) is 9.84 Å². The molecule has 2 N–H and O–H groups in total. The van der Waals surface area contributed by atoms with Crippen LogP contribution in [0.5, 0.6) is 5.75 Å². The summed E-state index contributed by atoms with van der Waals surface area (Å²) in [5.41, 5.74) is 0.333. The van der Waals surface area contributed by atoms with Crippen LogP contribution in [0.3, 0.4) is 0 Å². The number of benzene rings is 1. The first kappa shape index (κ1) is 15.0. The van der Waals surface area contributed by atoms with Gasteiger partial charge < -0.3 is 15.2 Å². The van der Waals surface area contributed by atoms with Crippen molar-refractivity contribution >= 4 is 11.9 Å². The predicted octanol–water partition coefficient (Wildman–Crippen LogP) is 1.92. The van der Waals surface area contributed by atoms with Gasteiger partial charge in [0.25, 0.3) is 5.91 Å². The van der Waals surface area contributed by atoms with E-state index in [-0.39, 0.29) is 5.92 Å². The molecule has 5 heteroatoms. The van der Waals surface area contributed by atoms with Gasteiger partial charge in [-0.2, -0.15) is 0 Å². The summed E-state index contributed by atoms with van der Waals surface area (Å²) in [6.45, 7) is 3.82. The largest absolute Gasteiger partial charge is 0.496 e. The number of amides is 1. The van der Waals surface area contributed by atoms with Crippen molar-refractivity contribution in [2.45, 2.75) is 26.3 Å². The van der Waals surface area contributed by atoms with Crippen LogP contribution in [0.4, 0.5) is 0 Å². The molecule has 104 valence electrons. The number of carboxylic acid groups (broad SMARTS) is 1. The lowest BCUT2D eigenvalue weighted by Crippen LogP contribution is -2.41. The summed E-state index contributed by atoms with van der Waals surface area (Å²) < 4.78 is 5.08. The van der Waals surface area contributed by atoms with E-state index in [2.05, 4.69) is 5.32 Å². The second kappa shape index (κ2) is 6.78. The summed E-state index contributed by atoms with van der Waals surface area (Å²) >= 11 is 0. The number of carbonyl (C=O) groups excluding carboxylic acids is 1. The van der Waals surface area contributed by atoms with E-state index in [0.717, 1.165) is 0 Å². The lowest BCUT2D eigenvalue weighted by Gasteiger charge is -2.17. The van der Waals surface area contributed by atoms with E-state index >= 15 is 0 Å². The first-order valence-electron chi connectivity index (χ1n) is 6.12. The van der Waals surface area contributed by atoms with Gasteiger partial charge in [0.05, 0.1) is 12.7 Å². The SMILES string of the molecule is COc1ccccc1C(=O)N[C@H](CC(C)C)C(=O)O. The second-order valence-corrected chi connectivity index (χ2v) is 4.69. The molecule has 0 bridgehead atoms. The molecular formula is C14H19NO4. The summed E-state index contributed by atoms with van der Waals surface area (Å²) in [4.78, 5) is 23.2. The third kappa shape index (κ3) is 4.28. The minimum absolute atomic E-state index is 0.180. The molecule has 0 unspecified atom stereocenters. The number of carboxylic acids is 1. The molecule has 0 aliphatic carbocycles. The Morgan fingerprint density at radius 2 is 1.95 bits per heavy atom. The van der Waals surface area contributed by atoms with Crippen molar-refractivity contribution in [3.8, 4) is 5.75 Å². The van der Waals surface area contributed by atoms with Crippen LogP contribution in [0.25, 0.3) is 0 Å². The molecule has 5 nitrogen and oxygen atoms in total. The van der Waals surface area contributed by atoms with E-state index < -0.39 is 17.9 Å². The summed E-state index contributed by atoms with van der Waals surface area (Å²) in [6, 6.07) is 5.82. The monoisotopic (exact) mass is 265 g/mol. The molecule has 0 saturated heterocycles. The van der Waals surface area contributed by atoms with Gasteiger partial charge in [0.2, 0.25) is 0 Å². The summed E-state index contributed by atoms with van der Waals surface area (Å²) in [7, 11) is 1.47. The highest BCUT2D eigenvalue weighted by Gasteiger charge is 2.22. The minimum Gasteiger partial charge on any atom is -0.496 e. The number of nitrogens with one attached hydrogen (secondary N) is 1. The third-order valence-corrected chi connectivity index (χ3v) is 2.66. The Bertz CT molecular complexity index is 457. The quantitative estimate of drug-likeness (QED) is 0.824. The highest BCUT2D eigenvalue weighted by atomic mass is 16.5. The van der Waals surface area contributed by atoms with Crippen LogP contribution in [0.1, 0.15) is 30.6 Å². The molecule has 0 aliphatic rings. The molecule has 1 rings (SSSR count). The smallest absolute Gasteiger partial charge is 0.326 e. The van der Waals surface area contributed by atoms with Gasteiger partial charge in [-0.15, -0.1) is 0 Å². The lowest BCUT2D eigenvalue weighted by atomic mass is 10.0. The topological polar surface area (TPSA) is 75.6 Å². The van der Waals surface area contributed by atoms with E-state index in [1.54, 1.807) is 24.3 Å². The van der Waals surface area contributed by atoms with Crippen LogP contribution in [-0.4, -0.2) is 30.1 Å². The zero-order valence-electron chi connectivity index (χ0n) is 11.3. The molecule has 1 aromatic rings. The standard InChI is InChI=1S/C14H19NO4/c1-9(2)8-11(14(17)18)15-13(16)10-6-4-5-7-12(10)19-3/h4-7,9,11H,8H2,1-3H3,(H,15,16)(H,17,18)/t11-/m1/s1. The van der Waals surface area contributed by atoms with Gasteiger partial charge in [-0.05, 0) is 24.5 Å². The lowest BCUT2D eigenvalue weighted by molar-refractivity contribution is -0.139. The van der Waals surface area contributed by atoms with Crippen molar-refractivity contribution in [3.63, 3.8) is 0 Å². The molecular weight excluding hydrogens is 246 g/mol. The molecule has 0 heterocycles. The van der Waals surface area contributed by atoms with Gasteiger partial charge in [0.15, 0.2) is 0 Å². The Labute approximate surface area is 112 Å². The van der Waals surface area contributed by atoms with Gasteiger partial charge in [0, 0.05) is 0 Å². The Kier molecular flexibility index (Phi) is 5.36. The average molecular weight is 265 g/mol. The van der Waals surface area contributed by atoms with E-state index in [1.165, 1.54) is 7.11 Å². The first-order chi connectivity index (χ1) is 8.95. The summed E-state index contributed by atoms with van der Waals surface area (Å²) in [5, 5.41) is 11.6. The molecule has 1 atom stereocenters. The Morgan fingerprint density at radius 3 is 2.47 bits per heavy atom. The van der Waals surface area contributed by atoms with Crippen molar-refractivity contribution in [2.24, 2.45) is 5.92 Å². The molecule has 0 saturated carbocycles. The van der Waals surface area contributed by atoms with Crippen molar-refractivity contribution in [1.29, 1.82) is 0 Å². The van der Waals surface area contributed by atoms with Gasteiger partial charge >= 0.3 is 5.97 Å². The highest BCUT2D eigenvalue weighted by molar-refractivity contribution is 5.98. The maximum Gasteiger partial charge on any atom is 0.326 e. The van der Waals surface area contributed by atoms with Crippen LogP contribution in [-0.2, 0) is 4.79 Å². The van der Waals surface area contributed by atoms with E-state index in [9.17, 15) is 9.59 Å². The third-order valence-electron chi connectivity index (χ3n) is 2.66. The fraction of sp³-hybridized carbons (Fsp3) is 0.429. The van der Waals surface area contributed by atoms with Gasteiger partial charge in [0.1, 0.15) is 11.8 Å². The Morgan fingerprint density at radius 1 is 1.32 bits per heavy atom. The maximum atomic E-state index is 12.1. The number of carbonyl (C=O) groups is 2. The van der Waals surface area contributed by atoms with Crippen LogP contribution >= 0.6 is 0 Å². The molecule has 1 amide bonds. The predicted molar refractivity (Wildman–Crippen MR) is 71.3 cm³/mol. The number of aliphatic carboxylic acids is 1. The molecule has 0 spiro atoms. The van der Waals surface area contributed by atoms with Gasteiger partial charge in [-0.1, -0.05) is 26.0 Å². The maximum absolute atomic E-state index is 12.1. The zero-order chi connectivity index (χ0) is 14.4.